The van der Waals surface area contributed by atoms with Gasteiger partial charge in [0.15, 0.2) is 5.65 Å². The average Bonchev–Trinajstić information content (AvgIpc) is 2.88. The molecule has 0 atom stereocenters. The van der Waals surface area contributed by atoms with E-state index in [9.17, 15) is 4.79 Å². The van der Waals surface area contributed by atoms with Gasteiger partial charge in [0.25, 0.3) is 0 Å². The van der Waals surface area contributed by atoms with E-state index in [1.165, 1.54) is 24.7 Å². The topological polar surface area (TPSA) is 80.9 Å². The summed E-state index contributed by atoms with van der Waals surface area (Å²) in [7, 11) is 0. The lowest BCUT2D eigenvalue weighted by atomic mass is 9.87. The summed E-state index contributed by atoms with van der Waals surface area (Å²) in [4.78, 5) is 23.8. The van der Waals surface area contributed by atoms with Crippen molar-refractivity contribution in [1.29, 1.82) is 0 Å². The molecule has 0 aromatic carbocycles. The molecule has 6 nitrogen and oxygen atoms in total. The number of hydrogen-bond acceptors (Lipinski definition) is 4. The zero-order valence-electron chi connectivity index (χ0n) is 12.9. The van der Waals surface area contributed by atoms with Gasteiger partial charge in [-0.2, -0.15) is 0 Å². The second kappa shape index (κ2) is 5.31. The minimum absolute atomic E-state index is 0.161. The SMILES string of the molecule is CC(C)(C)c1cn(-c2cc(C(=O)O)ccn2)c2ncnc(Cl)c12. The van der Waals surface area contributed by atoms with Crippen LogP contribution in [0.1, 0.15) is 36.7 Å². The molecule has 0 amide bonds. The number of rotatable bonds is 2. The Balaban J connectivity index is 2.33. The third-order valence-corrected chi connectivity index (χ3v) is 3.87. The maximum Gasteiger partial charge on any atom is 0.335 e. The number of hydrogen-bond donors (Lipinski definition) is 1. The van der Waals surface area contributed by atoms with Crippen LogP contribution in [0.3, 0.4) is 0 Å². The van der Waals surface area contributed by atoms with Crippen LogP contribution in [-0.2, 0) is 5.41 Å². The third-order valence-electron chi connectivity index (χ3n) is 3.58. The minimum atomic E-state index is -1.01. The lowest BCUT2D eigenvalue weighted by molar-refractivity contribution is 0.0696. The fourth-order valence-corrected chi connectivity index (χ4v) is 2.68. The minimum Gasteiger partial charge on any atom is -0.478 e. The summed E-state index contributed by atoms with van der Waals surface area (Å²) in [6, 6.07) is 2.95. The number of aromatic nitrogens is 4. The molecule has 0 spiro atoms. The van der Waals surface area contributed by atoms with Gasteiger partial charge in [0.1, 0.15) is 17.3 Å². The maximum atomic E-state index is 11.2. The second-order valence-electron chi connectivity index (χ2n) is 6.23. The van der Waals surface area contributed by atoms with Crippen molar-refractivity contribution in [2.45, 2.75) is 26.2 Å². The zero-order valence-corrected chi connectivity index (χ0v) is 13.7. The molecule has 0 unspecified atom stereocenters. The van der Waals surface area contributed by atoms with E-state index >= 15 is 0 Å². The fraction of sp³-hybridized carbons (Fsp3) is 0.250. The highest BCUT2D eigenvalue weighted by Crippen LogP contribution is 2.35. The van der Waals surface area contributed by atoms with E-state index in [-0.39, 0.29) is 11.0 Å². The van der Waals surface area contributed by atoms with Crippen LogP contribution in [0.5, 0.6) is 0 Å². The molecule has 3 aromatic rings. The number of carboxylic acids is 1. The Hall–Kier alpha value is -2.47. The summed E-state index contributed by atoms with van der Waals surface area (Å²) in [6.45, 7) is 6.20. The first-order chi connectivity index (χ1) is 10.8. The van der Waals surface area contributed by atoms with Crippen LogP contribution in [-0.4, -0.2) is 30.6 Å². The van der Waals surface area contributed by atoms with Gasteiger partial charge in [0, 0.05) is 12.4 Å². The maximum absolute atomic E-state index is 11.2. The molecule has 0 fully saturated rings. The van der Waals surface area contributed by atoms with Crippen molar-refractivity contribution in [3.05, 3.63) is 47.1 Å². The predicted molar refractivity (Wildman–Crippen MR) is 87.3 cm³/mol. The van der Waals surface area contributed by atoms with Crippen LogP contribution in [0.4, 0.5) is 0 Å². The first kappa shape index (κ1) is 15.4. The smallest absolute Gasteiger partial charge is 0.335 e. The predicted octanol–water partition coefficient (Wildman–Crippen LogP) is 3.46. The number of fused-ring (bicyclic) bond motifs is 1. The summed E-state index contributed by atoms with van der Waals surface area (Å²) in [5, 5.41) is 10.3. The van der Waals surface area contributed by atoms with Crippen molar-refractivity contribution in [2.24, 2.45) is 0 Å². The van der Waals surface area contributed by atoms with E-state index in [2.05, 4.69) is 35.7 Å². The molecule has 1 N–H and O–H groups in total. The zero-order chi connectivity index (χ0) is 16.8. The first-order valence-corrected chi connectivity index (χ1v) is 7.38. The molecule has 23 heavy (non-hydrogen) atoms. The fourth-order valence-electron chi connectivity index (χ4n) is 2.45. The summed E-state index contributed by atoms with van der Waals surface area (Å²) in [6.07, 6.45) is 4.73. The molecule has 7 heteroatoms. The quantitative estimate of drug-likeness (QED) is 0.728. The molecule has 118 valence electrons. The Labute approximate surface area is 137 Å². The normalized spacial score (nSPS) is 11.8. The van der Waals surface area contributed by atoms with Gasteiger partial charge >= 0.3 is 5.97 Å². The molecule has 3 rings (SSSR count). The lowest BCUT2D eigenvalue weighted by Crippen LogP contribution is -2.10. The van der Waals surface area contributed by atoms with Crippen molar-refractivity contribution in [1.82, 2.24) is 19.5 Å². The number of halogens is 1. The van der Waals surface area contributed by atoms with Crippen LogP contribution >= 0.6 is 11.6 Å². The van der Waals surface area contributed by atoms with Gasteiger partial charge in [-0.05, 0) is 23.1 Å². The number of carbonyl (C=O) groups is 1. The Kier molecular flexibility index (Phi) is 3.56. The highest BCUT2D eigenvalue weighted by molar-refractivity contribution is 6.34. The number of carboxylic acid groups (broad SMARTS) is 1. The molecule has 0 radical (unpaired) electrons. The molecule has 3 aromatic heterocycles. The van der Waals surface area contributed by atoms with Gasteiger partial charge in [-0.3, -0.25) is 4.57 Å². The van der Waals surface area contributed by atoms with Gasteiger partial charge in [-0.25, -0.2) is 19.7 Å². The monoisotopic (exact) mass is 330 g/mol. The van der Waals surface area contributed by atoms with Gasteiger partial charge in [0.2, 0.25) is 0 Å². The molecule has 0 aliphatic carbocycles. The number of aromatic carboxylic acids is 1. The van der Waals surface area contributed by atoms with Gasteiger partial charge in [-0.15, -0.1) is 0 Å². The second-order valence-corrected chi connectivity index (χ2v) is 6.59. The van der Waals surface area contributed by atoms with Crippen LogP contribution in [0.25, 0.3) is 16.9 Å². The van der Waals surface area contributed by atoms with Crippen molar-refractivity contribution >= 4 is 28.6 Å². The Morgan fingerprint density at radius 1 is 1.26 bits per heavy atom. The number of pyridine rings is 1. The average molecular weight is 331 g/mol. The Bertz CT molecular complexity index is 912. The number of nitrogens with zero attached hydrogens (tertiary/aromatic N) is 4. The van der Waals surface area contributed by atoms with Gasteiger partial charge < -0.3 is 5.11 Å². The van der Waals surface area contributed by atoms with E-state index in [1.807, 2.05) is 6.20 Å². The van der Waals surface area contributed by atoms with E-state index < -0.39 is 5.97 Å². The molecule has 0 aliphatic rings. The first-order valence-electron chi connectivity index (χ1n) is 7.01. The summed E-state index contributed by atoms with van der Waals surface area (Å²) >= 11 is 6.27. The van der Waals surface area contributed by atoms with Crippen LogP contribution in [0.15, 0.2) is 30.9 Å². The Morgan fingerprint density at radius 3 is 2.65 bits per heavy atom. The van der Waals surface area contributed by atoms with Crippen molar-refractivity contribution in [3.63, 3.8) is 0 Å². The molecule has 0 bridgehead atoms. The summed E-state index contributed by atoms with van der Waals surface area (Å²) in [5.41, 5.74) is 1.56. The highest BCUT2D eigenvalue weighted by Gasteiger charge is 2.24. The molecule has 3 heterocycles. The molecular weight excluding hydrogens is 316 g/mol. The van der Waals surface area contributed by atoms with Gasteiger partial charge in [0.05, 0.1) is 10.9 Å². The van der Waals surface area contributed by atoms with Crippen molar-refractivity contribution in [3.8, 4) is 5.82 Å². The van der Waals surface area contributed by atoms with Crippen LogP contribution in [0, 0.1) is 0 Å². The van der Waals surface area contributed by atoms with E-state index in [1.54, 1.807) is 4.57 Å². The van der Waals surface area contributed by atoms with E-state index in [0.29, 0.717) is 16.6 Å². The molecular formula is C16H15ClN4O2. The summed E-state index contributed by atoms with van der Waals surface area (Å²) < 4.78 is 1.75. The van der Waals surface area contributed by atoms with Crippen molar-refractivity contribution < 1.29 is 9.90 Å². The molecule has 0 saturated carbocycles. The van der Waals surface area contributed by atoms with Crippen molar-refractivity contribution in [2.75, 3.05) is 0 Å². The van der Waals surface area contributed by atoms with Crippen LogP contribution in [0.2, 0.25) is 5.15 Å². The summed E-state index contributed by atoms with van der Waals surface area (Å²) in [5.74, 6) is -0.533. The largest absolute Gasteiger partial charge is 0.478 e. The van der Waals surface area contributed by atoms with E-state index in [4.69, 9.17) is 16.7 Å². The third kappa shape index (κ3) is 2.66. The standard InChI is InChI=1S/C16H15ClN4O2/c1-16(2,3)10-7-21(14-12(10)13(17)19-8-20-14)11-6-9(15(22)23)4-5-18-11/h4-8H,1-3H3,(H,22,23). The molecule has 0 saturated heterocycles. The van der Waals surface area contributed by atoms with Gasteiger partial charge in [-0.1, -0.05) is 32.4 Å². The molecule has 0 aliphatic heterocycles. The van der Waals surface area contributed by atoms with E-state index in [0.717, 1.165) is 10.9 Å². The lowest BCUT2D eigenvalue weighted by Gasteiger charge is -2.17. The Morgan fingerprint density at radius 2 is 2.00 bits per heavy atom. The highest BCUT2D eigenvalue weighted by atomic mass is 35.5. The van der Waals surface area contributed by atoms with Crippen LogP contribution < -0.4 is 0 Å².